The zero-order chi connectivity index (χ0) is 13.1. The lowest BCUT2D eigenvalue weighted by molar-refractivity contribution is 0.460. The summed E-state index contributed by atoms with van der Waals surface area (Å²) in [6.45, 7) is 0. The Hall–Kier alpha value is -1.31. The van der Waals surface area contributed by atoms with Gasteiger partial charge in [-0.05, 0) is 12.1 Å². The van der Waals surface area contributed by atoms with Crippen LogP contribution in [-0.2, 0) is 8.26 Å². The number of H-pyrrole nitrogens is 1. The quantitative estimate of drug-likeness (QED) is 0.737. The van der Waals surface area contributed by atoms with E-state index in [2.05, 4.69) is 30.8 Å². The highest BCUT2D eigenvalue weighted by Crippen LogP contribution is 2.01. The van der Waals surface area contributed by atoms with Gasteiger partial charge in [-0.15, -0.1) is 0 Å². The van der Waals surface area contributed by atoms with Crippen LogP contribution in [-0.4, -0.2) is 13.4 Å². The zero-order valence-electron chi connectivity index (χ0n) is 8.01. The molecule has 17 heavy (non-hydrogen) atoms. The van der Waals surface area contributed by atoms with Gasteiger partial charge in [0.1, 0.15) is 0 Å². The van der Waals surface area contributed by atoms with Crippen molar-refractivity contribution in [3.8, 4) is 0 Å². The number of benzene rings is 1. The van der Waals surface area contributed by atoms with Crippen LogP contribution in [0.4, 0.5) is 0 Å². The summed E-state index contributed by atoms with van der Waals surface area (Å²) in [4.78, 5) is 24.1. The highest BCUT2D eigenvalue weighted by atomic mass is 36.0. The summed E-state index contributed by atoms with van der Waals surface area (Å²) < 4.78 is 22.6. The van der Waals surface area contributed by atoms with Gasteiger partial charge in [-0.25, -0.2) is 9.59 Å². The van der Waals surface area contributed by atoms with Gasteiger partial charge in [0.15, 0.2) is 0 Å². The monoisotopic (exact) mass is 297 g/mol. The van der Waals surface area contributed by atoms with E-state index < -0.39 is 19.6 Å². The molecule has 92 valence electrons. The normalized spacial score (nSPS) is 10.7. The molecule has 1 heterocycles. The Morgan fingerprint density at radius 2 is 1.65 bits per heavy atom. The molecule has 0 aliphatic carbocycles. The molecule has 0 saturated carbocycles. The lowest BCUT2D eigenvalue weighted by Gasteiger charge is -1.91. The van der Waals surface area contributed by atoms with Crippen molar-refractivity contribution in [1.82, 2.24) is 4.98 Å². The predicted molar refractivity (Wildman–Crippen MR) is 63.7 cm³/mol. The Kier molecular flexibility index (Phi) is 4.33. The first-order chi connectivity index (χ1) is 7.77. The molecule has 1 aromatic carbocycles. The molecule has 2 aromatic rings. The number of nitrogens with one attached hydrogen (secondary N) is 1. The highest BCUT2D eigenvalue weighted by molar-refractivity contribution is 8.31. The summed E-state index contributed by atoms with van der Waals surface area (Å²) in [7, 11) is 4.81. The van der Waals surface area contributed by atoms with Crippen LogP contribution >= 0.6 is 21.4 Å². The molecule has 0 atom stereocenters. The topological polar surface area (TPSA) is 97.2 Å². The summed E-state index contributed by atoms with van der Waals surface area (Å²) in [5.74, 6) is -0.723. The third-order valence-electron chi connectivity index (χ3n) is 1.57. The lowest BCUT2D eigenvalue weighted by atomic mass is 10.2. The first-order valence-corrected chi connectivity index (χ1v) is 7.17. The second-order valence-corrected chi connectivity index (χ2v) is 6.39. The molecule has 6 nitrogen and oxygen atoms in total. The van der Waals surface area contributed by atoms with E-state index in [0.717, 1.165) is 0 Å². The molecule has 0 spiro atoms. The van der Waals surface area contributed by atoms with Crippen LogP contribution < -0.4 is 11.4 Å². The fourth-order valence-electron chi connectivity index (χ4n) is 1.04. The van der Waals surface area contributed by atoms with E-state index in [1.807, 2.05) is 0 Å². The molecule has 0 saturated heterocycles. The number of para-hydroxylation sites is 1. The molecule has 0 aliphatic rings. The zero-order valence-corrected chi connectivity index (χ0v) is 10.3. The van der Waals surface area contributed by atoms with Crippen molar-refractivity contribution in [2.75, 3.05) is 0 Å². The predicted octanol–water partition coefficient (Wildman–Crippen LogP) is 1.19. The van der Waals surface area contributed by atoms with Crippen molar-refractivity contribution in [1.29, 1.82) is 0 Å². The maximum absolute atomic E-state index is 11.0. The van der Waals surface area contributed by atoms with Gasteiger partial charge in [-0.2, -0.15) is 8.42 Å². The molecule has 0 unspecified atom stereocenters. The molecule has 0 amide bonds. The van der Waals surface area contributed by atoms with Gasteiger partial charge in [0.2, 0.25) is 0 Å². The van der Waals surface area contributed by atoms with Gasteiger partial charge in [0.05, 0.1) is 10.9 Å². The van der Waals surface area contributed by atoms with Gasteiger partial charge in [-0.3, -0.25) is 4.98 Å². The van der Waals surface area contributed by atoms with Crippen LogP contribution in [0.2, 0.25) is 0 Å². The Labute approximate surface area is 104 Å². The van der Waals surface area contributed by atoms with Gasteiger partial charge < -0.3 is 4.42 Å². The number of halogens is 2. The third-order valence-corrected chi connectivity index (χ3v) is 1.57. The van der Waals surface area contributed by atoms with Crippen molar-refractivity contribution in [2.45, 2.75) is 0 Å². The maximum Gasteiger partial charge on any atom is 0.419 e. The molecule has 0 fully saturated rings. The minimum atomic E-state index is -3.72. The van der Waals surface area contributed by atoms with E-state index >= 15 is 0 Å². The lowest BCUT2D eigenvalue weighted by Crippen LogP contribution is -2.13. The van der Waals surface area contributed by atoms with Crippen LogP contribution in [0.1, 0.15) is 0 Å². The van der Waals surface area contributed by atoms with Crippen LogP contribution in [0, 0.1) is 0 Å². The molecule has 1 N–H and O–H groups in total. The van der Waals surface area contributed by atoms with E-state index in [-0.39, 0.29) is 0 Å². The third kappa shape index (κ3) is 5.03. The number of rotatable bonds is 0. The van der Waals surface area contributed by atoms with E-state index in [0.29, 0.717) is 10.9 Å². The first-order valence-electron chi connectivity index (χ1n) is 4.04. The standard InChI is InChI=1S/C8H5NO3.Cl2O2S/c10-7-5-3-1-2-4-6(5)9-8(11)12-7;1-5(2,3)4/h1-4H,(H,9,11);. The Bertz CT molecular complexity index is 725. The van der Waals surface area contributed by atoms with Crippen molar-refractivity contribution < 1.29 is 12.8 Å². The average molecular weight is 298 g/mol. The summed E-state index contributed by atoms with van der Waals surface area (Å²) in [6.07, 6.45) is 0. The number of fused-ring (bicyclic) bond motifs is 1. The number of hydrogen-bond donors (Lipinski definition) is 1. The van der Waals surface area contributed by atoms with Crippen molar-refractivity contribution in [3.05, 3.63) is 45.2 Å². The molecule has 0 radical (unpaired) electrons. The second kappa shape index (κ2) is 5.35. The summed E-state index contributed by atoms with van der Waals surface area (Å²) in [5.41, 5.74) is -0.104. The smallest absolute Gasteiger partial charge is 0.372 e. The Morgan fingerprint density at radius 3 is 2.24 bits per heavy atom. The second-order valence-electron chi connectivity index (χ2n) is 2.73. The van der Waals surface area contributed by atoms with Crippen LogP contribution in [0.3, 0.4) is 0 Å². The molecule has 9 heteroatoms. The summed E-state index contributed by atoms with van der Waals surface area (Å²) >= 11 is 0. The van der Waals surface area contributed by atoms with Crippen molar-refractivity contribution >= 4 is 40.5 Å². The minimum absolute atomic E-state index is 0.386. The Morgan fingerprint density at radius 1 is 1.12 bits per heavy atom. The molecular weight excluding hydrogens is 293 g/mol. The molecule has 0 bridgehead atoms. The first kappa shape index (κ1) is 13.8. The van der Waals surface area contributed by atoms with Crippen LogP contribution in [0.15, 0.2) is 38.3 Å². The summed E-state index contributed by atoms with van der Waals surface area (Å²) in [5, 5.41) is 0.386. The van der Waals surface area contributed by atoms with Gasteiger partial charge in [0.25, 0.3) is 0 Å². The van der Waals surface area contributed by atoms with Gasteiger partial charge >= 0.3 is 19.6 Å². The van der Waals surface area contributed by atoms with Gasteiger partial charge in [0, 0.05) is 21.4 Å². The SMILES string of the molecule is O=S(=O)(Cl)Cl.O=c1[nH]c2ccccc2c(=O)o1. The Balaban J connectivity index is 0.000000249. The van der Waals surface area contributed by atoms with E-state index in [1.54, 1.807) is 24.3 Å². The molecule has 1 aromatic heterocycles. The van der Waals surface area contributed by atoms with Gasteiger partial charge in [-0.1, -0.05) is 12.1 Å². The highest BCUT2D eigenvalue weighted by Gasteiger charge is 1.98. The fraction of sp³-hybridized carbons (Fsp3) is 0. The largest absolute Gasteiger partial charge is 0.419 e. The number of aromatic amines is 1. The van der Waals surface area contributed by atoms with Crippen LogP contribution in [0.5, 0.6) is 0 Å². The fourth-order valence-corrected chi connectivity index (χ4v) is 1.04. The van der Waals surface area contributed by atoms with Crippen molar-refractivity contribution in [2.24, 2.45) is 0 Å². The van der Waals surface area contributed by atoms with E-state index in [1.165, 1.54) is 0 Å². The average Bonchev–Trinajstić information content (AvgIpc) is 2.14. The number of aromatic nitrogens is 1. The summed E-state index contributed by atoms with van der Waals surface area (Å²) in [6, 6.07) is 6.68. The molecule has 2 rings (SSSR count). The number of hydrogen-bond acceptors (Lipinski definition) is 5. The van der Waals surface area contributed by atoms with Crippen LogP contribution in [0.25, 0.3) is 10.9 Å². The molecule has 0 aliphatic heterocycles. The van der Waals surface area contributed by atoms with Crippen molar-refractivity contribution in [3.63, 3.8) is 0 Å². The van der Waals surface area contributed by atoms with E-state index in [9.17, 15) is 9.59 Å². The molecular formula is C8H5Cl2NO5S. The minimum Gasteiger partial charge on any atom is -0.372 e. The maximum atomic E-state index is 11.0. The van der Waals surface area contributed by atoms with E-state index in [4.69, 9.17) is 8.42 Å².